The molecule has 0 aliphatic carbocycles. The van der Waals surface area contributed by atoms with Crippen molar-refractivity contribution in [2.24, 2.45) is 7.05 Å². The number of aryl methyl sites for hydroxylation is 1. The summed E-state index contributed by atoms with van der Waals surface area (Å²) in [6, 6.07) is 2.88. The minimum absolute atomic E-state index is 0.0292. The normalized spacial score (nSPS) is 15.2. The highest BCUT2D eigenvalue weighted by Crippen LogP contribution is 2.20. The fourth-order valence-electron chi connectivity index (χ4n) is 2.61. The van der Waals surface area contributed by atoms with Crippen molar-refractivity contribution in [2.45, 2.75) is 19.5 Å². The van der Waals surface area contributed by atoms with Crippen molar-refractivity contribution in [3.63, 3.8) is 0 Å². The maximum atomic E-state index is 12.7. The predicted molar refractivity (Wildman–Crippen MR) is 88.9 cm³/mol. The number of imide groups is 1. The molecule has 3 amide bonds. The lowest BCUT2D eigenvalue weighted by Crippen LogP contribution is -2.51. The van der Waals surface area contributed by atoms with Crippen molar-refractivity contribution in [3.8, 4) is 0 Å². The molecule has 2 aromatic rings. The van der Waals surface area contributed by atoms with Gasteiger partial charge in [-0.25, -0.2) is 4.79 Å². The van der Waals surface area contributed by atoms with Gasteiger partial charge >= 0.3 is 6.03 Å². The maximum absolute atomic E-state index is 12.7. The standard InChI is InChI=1S/C15H16BrN5O3/c1-19-7-11(13(16)18-19)8-20-6-4-12(22)21(15(20)24)9-10-3-2-5-17-14(10)23/h2-3,5,7H,4,6,8-9H2,1H3,(H,17,23). The number of halogens is 1. The van der Waals surface area contributed by atoms with Gasteiger partial charge in [-0.2, -0.15) is 5.10 Å². The molecule has 0 aromatic carbocycles. The van der Waals surface area contributed by atoms with Crippen LogP contribution in [0.15, 0.2) is 33.9 Å². The molecule has 9 heteroatoms. The van der Waals surface area contributed by atoms with Crippen LogP contribution in [0.2, 0.25) is 0 Å². The number of hydrogen-bond acceptors (Lipinski definition) is 4. The third-order valence-corrected chi connectivity index (χ3v) is 4.51. The summed E-state index contributed by atoms with van der Waals surface area (Å²) in [7, 11) is 1.80. The number of nitrogens with one attached hydrogen (secondary N) is 1. The highest BCUT2D eigenvalue weighted by Gasteiger charge is 2.32. The van der Waals surface area contributed by atoms with Gasteiger partial charge in [-0.3, -0.25) is 19.2 Å². The van der Waals surface area contributed by atoms with Gasteiger partial charge in [-0.15, -0.1) is 0 Å². The number of carbonyl (C=O) groups is 2. The number of rotatable bonds is 4. The average molecular weight is 394 g/mol. The number of amides is 3. The summed E-state index contributed by atoms with van der Waals surface area (Å²) < 4.78 is 2.32. The molecule has 0 spiro atoms. The topological polar surface area (TPSA) is 91.3 Å². The van der Waals surface area contributed by atoms with Crippen LogP contribution in [-0.4, -0.2) is 43.0 Å². The van der Waals surface area contributed by atoms with Crippen LogP contribution >= 0.6 is 15.9 Å². The van der Waals surface area contributed by atoms with E-state index in [0.717, 1.165) is 10.5 Å². The van der Waals surface area contributed by atoms with E-state index in [1.54, 1.807) is 28.8 Å². The molecule has 0 atom stereocenters. The fraction of sp³-hybridized carbons (Fsp3) is 0.333. The van der Waals surface area contributed by atoms with Crippen LogP contribution in [0.3, 0.4) is 0 Å². The molecule has 0 unspecified atom stereocenters. The van der Waals surface area contributed by atoms with E-state index in [4.69, 9.17) is 0 Å². The molecule has 0 saturated carbocycles. The van der Waals surface area contributed by atoms with E-state index < -0.39 is 6.03 Å². The van der Waals surface area contributed by atoms with Crippen molar-refractivity contribution in [2.75, 3.05) is 6.54 Å². The highest BCUT2D eigenvalue weighted by molar-refractivity contribution is 9.10. The van der Waals surface area contributed by atoms with Crippen LogP contribution in [0.5, 0.6) is 0 Å². The number of hydrogen-bond donors (Lipinski definition) is 1. The van der Waals surface area contributed by atoms with Gasteiger partial charge < -0.3 is 9.88 Å². The van der Waals surface area contributed by atoms with E-state index in [0.29, 0.717) is 23.3 Å². The van der Waals surface area contributed by atoms with Gasteiger partial charge in [-0.05, 0) is 22.0 Å². The maximum Gasteiger partial charge on any atom is 0.327 e. The zero-order valence-corrected chi connectivity index (χ0v) is 14.6. The second kappa shape index (κ2) is 6.60. The minimum Gasteiger partial charge on any atom is -0.329 e. The van der Waals surface area contributed by atoms with Crippen molar-refractivity contribution in [3.05, 3.63) is 50.6 Å². The molecule has 1 saturated heterocycles. The van der Waals surface area contributed by atoms with Crippen LogP contribution in [0.25, 0.3) is 0 Å². The lowest BCUT2D eigenvalue weighted by molar-refractivity contribution is -0.131. The number of aromatic nitrogens is 3. The summed E-state index contributed by atoms with van der Waals surface area (Å²) in [5.74, 6) is -0.273. The van der Waals surface area contributed by atoms with Gasteiger partial charge in [0.1, 0.15) is 4.60 Å². The molecule has 126 valence electrons. The van der Waals surface area contributed by atoms with E-state index in [1.165, 1.54) is 6.20 Å². The third kappa shape index (κ3) is 3.25. The van der Waals surface area contributed by atoms with Crippen LogP contribution in [-0.2, 0) is 24.9 Å². The molecule has 1 fully saturated rings. The third-order valence-electron chi connectivity index (χ3n) is 3.84. The van der Waals surface area contributed by atoms with Gasteiger partial charge in [0.15, 0.2) is 0 Å². The van der Waals surface area contributed by atoms with Crippen molar-refractivity contribution >= 4 is 27.9 Å². The summed E-state index contributed by atoms with van der Waals surface area (Å²) >= 11 is 3.36. The Labute approximate surface area is 146 Å². The van der Waals surface area contributed by atoms with Gasteiger partial charge in [0.05, 0.1) is 13.1 Å². The predicted octanol–water partition coefficient (Wildman–Crippen LogP) is 1.23. The Balaban J connectivity index is 1.79. The zero-order valence-electron chi connectivity index (χ0n) is 13.0. The summed E-state index contributed by atoms with van der Waals surface area (Å²) in [6.45, 7) is 0.668. The second-order valence-corrected chi connectivity index (χ2v) is 6.33. The van der Waals surface area contributed by atoms with Gasteiger partial charge in [0, 0.05) is 43.5 Å². The molecule has 1 aliphatic rings. The molecule has 8 nitrogen and oxygen atoms in total. The van der Waals surface area contributed by atoms with Crippen LogP contribution in [0.1, 0.15) is 17.5 Å². The van der Waals surface area contributed by atoms with Crippen LogP contribution in [0.4, 0.5) is 4.79 Å². The van der Waals surface area contributed by atoms with E-state index in [2.05, 4.69) is 26.0 Å². The first-order chi connectivity index (χ1) is 11.5. The van der Waals surface area contributed by atoms with E-state index in [1.807, 2.05) is 6.20 Å². The Kier molecular flexibility index (Phi) is 4.52. The second-order valence-electron chi connectivity index (χ2n) is 5.58. The number of urea groups is 1. The summed E-state index contributed by atoms with van der Waals surface area (Å²) in [5.41, 5.74) is 0.937. The Morgan fingerprint density at radius 1 is 1.25 bits per heavy atom. The lowest BCUT2D eigenvalue weighted by atomic mass is 10.2. The van der Waals surface area contributed by atoms with E-state index in [-0.39, 0.29) is 24.4 Å². The first-order valence-corrected chi connectivity index (χ1v) is 8.19. The Morgan fingerprint density at radius 2 is 2.04 bits per heavy atom. The lowest BCUT2D eigenvalue weighted by Gasteiger charge is -2.33. The Hall–Kier alpha value is -2.42. The van der Waals surface area contributed by atoms with Crippen molar-refractivity contribution in [1.82, 2.24) is 24.6 Å². The summed E-state index contributed by atoms with van der Waals surface area (Å²) in [4.78, 5) is 41.8. The molecule has 1 N–H and O–H groups in total. The molecule has 0 bridgehead atoms. The first kappa shape index (κ1) is 16.4. The molecule has 24 heavy (non-hydrogen) atoms. The van der Waals surface area contributed by atoms with Gasteiger partial charge in [0.25, 0.3) is 5.56 Å². The molecule has 2 aromatic heterocycles. The molecule has 3 rings (SSSR count). The minimum atomic E-state index is -0.398. The first-order valence-electron chi connectivity index (χ1n) is 7.39. The van der Waals surface area contributed by atoms with Crippen molar-refractivity contribution in [1.29, 1.82) is 0 Å². The number of nitrogens with zero attached hydrogens (tertiary/aromatic N) is 4. The van der Waals surface area contributed by atoms with Crippen LogP contribution < -0.4 is 5.56 Å². The zero-order chi connectivity index (χ0) is 17.3. The molecular formula is C15H16BrN5O3. The van der Waals surface area contributed by atoms with E-state index in [9.17, 15) is 14.4 Å². The number of pyridine rings is 1. The molecular weight excluding hydrogens is 378 g/mol. The molecule has 1 aliphatic heterocycles. The van der Waals surface area contributed by atoms with Gasteiger partial charge in [-0.1, -0.05) is 6.07 Å². The Morgan fingerprint density at radius 3 is 2.71 bits per heavy atom. The van der Waals surface area contributed by atoms with Crippen molar-refractivity contribution < 1.29 is 9.59 Å². The average Bonchev–Trinajstić information content (AvgIpc) is 2.86. The van der Waals surface area contributed by atoms with Gasteiger partial charge in [0.2, 0.25) is 5.91 Å². The molecule has 3 heterocycles. The van der Waals surface area contributed by atoms with Crippen LogP contribution in [0, 0.1) is 0 Å². The number of aromatic amines is 1. The smallest absolute Gasteiger partial charge is 0.327 e. The monoisotopic (exact) mass is 393 g/mol. The number of H-pyrrole nitrogens is 1. The fourth-order valence-corrected chi connectivity index (χ4v) is 3.09. The largest absolute Gasteiger partial charge is 0.329 e. The summed E-state index contributed by atoms with van der Waals surface area (Å²) in [5, 5.41) is 4.18. The summed E-state index contributed by atoms with van der Waals surface area (Å²) in [6.07, 6.45) is 3.56. The Bertz CT molecular complexity index is 844. The number of carbonyl (C=O) groups excluding carboxylic acids is 2. The molecule has 0 radical (unpaired) electrons. The highest BCUT2D eigenvalue weighted by atomic mass is 79.9. The SMILES string of the molecule is Cn1cc(CN2CCC(=O)N(Cc3ccc[nH]c3=O)C2=O)c(Br)n1. The quantitative estimate of drug-likeness (QED) is 0.845. The van der Waals surface area contributed by atoms with E-state index >= 15 is 0 Å².